The second-order valence-corrected chi connectivity index (χ2v) is 8.49. The number of carbonyl (C=O) groups excluding carboxylic acids is 2. The van der Waals surface area contributed by atoms with E-state index in [1.165, 1.54) is 23.1 Å². The summed E-state index contributed by atoms with van der Waals surface area (Å²) in [5, 5.41) is 16.2. The fraction of sp³-hybridized carbons (Fsp3) is 0.261. The maximum atomic E-state index is 13.5. The van der Waals surface area contributed by atoms with Crippen LogP contribution in [0, 0.1) is 24.0 Å². The first-order valence-corrected chi connectivity index (χ1v) is 11.0. The molecule has 2 fully saturated rings. The van der Waals surface area contributed by atoms with Crippen LogP contribution in [0.4, 0.5) is 17.1 Å². The third-order valence-corrected chi connectivity index (χ3v) is 6.06. The minimum atomic E-state index is -0.629. The Morgan fingerprint density at radius 3 is 2.47 bits per heavy atom. The Hall–Kier alpha value is -3.34. The van der Waals surface area contributed by atoms with Gasteiger partial charge in [0, 0.05) is 23.4 Å². The van der Waals surface area contributed by atoms with Crippen LogP contribution in [0.2, 0.25) is 0 Å². The Morgan fingerprint density at radius 1 is 1.09 bits per heavy atom. The van der Waals surface area contributed by atoms with Gasteiger partial charge in [0.1, 0.15) is 5.57 Å². The summed E-state index contributed by atoms with van der Waals surface area (Å²) < 4.78 is 0. The number of nitrogens with zero attached hydrogens (tertiary/aromatic N) is 3. The van der Waals surface area contributed by atoms with Gasteiger partial charge in [-0.2, -0.15) is 0 Å². The Bertz CT molecular complexity index is 1210. The Morgan fingerprint density at radius 2 is 1.79 bits per heavy atom. The number of nitro groups is 1. The minimum absolute atomic E-state index is 0. The summed E-state index contributed by atoms with van der Waals surface area (Å²) in [6.45, 7) is 7.06. The highest BCUT2D eigenvalue weighted by molar-refractivity contribution is 7.80. The fourth-order valence-electron chi connectivity index (χ4n) is 4.04. The van der Waals surface area contributed by atoms with E-state index in [9.17, 15) is 19.7 Å². The van der Waals surface area contributed by atoms with Crippen molar-refractivity contribution >= 4 is 52.3 Å². The van der Waals surface area contributed by atoms with Crippen molar-refractivity contribution in [1.29, 1.82) is 0 Å². The number of amides is 2. The molecule has 0 aliphatic carbocycles. The van der Waals surface area contributed by atoms with Gasteiger partial charge >= 0.3 is 0 Å². The fourth-order valence-corrected chi connectivity index (χ4v) is 4.32. The van der Waals surface area contributed by atoms with Crippen molar-refractivity contribution in [2.75, 3.05) is 36.0 Å². The first-order chi connectivity index (χ1) is 15.8. The highest BCUT2D eigenvalue weighted by Gasteiger charge is 2.35. The number of carbonyl (C=O) groups is 2. The maximum Gasteiger partial charge on any atom is 0.270 e. The Balaban J connectivity index is 0.00000324. The van der Waals surface area contributed by atoms with Crippen molar-refractivity contribution in [3.05, 3.63) is 68.8 Å². The van der Waals surface area contributed by atoms with E-state index in [0.717, 1.165) is 43.0 Å². The van der Waals surface area contributed by atoms with E-state index in [-0.39, 0.29) is 28.8 Å². The molecule has 2 aromatic carbocycles. The van der Waals surface area contributed by atoms with Gasteiger partial charge in [0.2, 0.25) is 0 Å². The van der Waals surface area contributed by atoms with Crippen LogP contribution in [0.3, 0.4) is 0 Å². The Labute approximate surface area is 208 Å². The number of benzene rings is 2. The number of anilines is 2. The number of halogens is 1. The van der Waals surface area contributed by atoms with Crippen molar-refractivity contribution in [2.45, 2.75) is 13.8 Å². The number of hydrogen-bond donors (Lipinski definition) is 2. The topological polar surface area (TPSA) is 112 Å². The lowest BCUT2D eigenvalue weighted by Crippen LogP contribution is -3.00. The van der Waals surface area contributed by atoms with Crippen molar-refractivity contribution in [2.24, 2.45) is 0 Å². The summed E-state index contributed by atoms with van der Waals surface area (Å²) in [7, 11) is 0. The molecule has 0 aromatic heterocycles. The van der Waals surface area contributed by atoms with Crippen LogP contribution in [0.15, 0.2) is 42.0 Å². The van der Waals surface area contributed by atoms with Gasteiger partial charge in [0.15, 0.2) is 5.11 Å². The molecule has 34 heavy (non-hydrogen) atoms. The SMILES string of the molecule is Cc1ccc(C)c(N2C(=O)/C(=C\c3cc([N+](=O)[O-])ccc3N3CC[NH2+]CC3)C(=O)NC2=S)c1.[Cl-]. The summed E-state index contributed by atoms with van der Waals surface area (Å²) in [5.41, 5.74) is 3.30. The molecule has 9 nitrogen and oxygen atoms in total. The first kappa shape index (κ1) is 25.3. The first-order valence-electron chi connectivity index (χ1n) is 10.6. The zero-order valence-corrected chi connectivity index (χ0v) is 20.3. The van der Waals surface area contributed by atoms with Crippen LogP contribution < -0.4 is 32.8 Å². The molecule has 178 valence electrons. The average molecular weight is 502 g/mol. The number of nitro benzene ring substituents is 1. The smallest absolute Gasteiger partial charge is 0.270 e. The highest BCUT2D eigenvalue weighted by atomic mass is 35.5. The third-order valence-electron chi connectivity index (χ3n) is 5.78. The molecule has 2 amide bonds. The monoisotopic (exact) mass is 501 g/mol. The zero-order chi connectivity index (χ0) is 23.7. The van der Waals surface area contributed by atoms with Gasteiger partial charge in [-0.05, 0) is 55.4 Å². The highest BCUT2D eigenvalue weighted by Crippen LogP contribution is 2.30. The second-order valence-electron chi connectivity index (χ2n) is 8.10. The van der Waals surface area contributed by atoms with Gasteiger partial charge in [0.05, 0.1) is 36.8 Å². The number of rotatable bonds is 4. The largest absolute Gasteiger partial charge is 1.00 e. The summed E-state index contributed by atoms with van der Waals surface area (Å²) in [6.07, 6.45) is 1.43. The zero-order valence-electron chi connectivity index (χ0n) is 18.7. The van der Waals surface area contributed by atoms with Gasteiger partial charge in [-0.15, -0.1) is 0 Å². The molecule has 0 radical (unpaired) electrons. The normalized spacial score (nSPS) is 17.5. The van der Waals surface area contributed by atoms with Crippen LogP contribution in [0.25, 0.3) is 6.08 Å². The number of non-ortho nitro benzene ring substituents is 1. The quantitative estimate of drug-likeness (QED) is 0.172. The molecule has 2 saturated heterocycles. The number of piperazine rings is 1. The molecule has 0 bridgehead atoms. The van der Waals surface area contributed by atoms with Gasteiger partial charge in [0.25, 0.3) is 17.5 Å². The lowest BCUT2D eigenvalue weighted by molar-refractivity contribution is -0.655. The van der Waals surface area contributed by atoms with Crippen LogP contribution in [0.5, 0.6) is 0 Å². The lowest BCUT2D eigenvalue weighted by atomic mass is 10.0. The van der Waals surface area contributed by atoms with Gasteiger partial charge in [-0.1, -0.05) is 12.1 Å². The van der Waals surface area contributed by atoms with Gasteiger partial charge in [-0.3, -0.25) is 29.9 Å². The van der Waals surface area contributed by atoms with E-state index >= 15 is 0 Å². The summed E-state index contributed by atoms with van der Waals surface area (Å²) >= 11 is 5.31. The molecular formula is C23H24ClN5O4S. The van der Waals surface area contributed by atoms with Gasteiger partial charge in [-0.25, -0.2) is 0 Å². The van der Waals surface area contributed by atoms with Crippen molar-refractivity contribution in [1.82, 2.24) is 5.32 Å². The molecule has 3 N–H and O–H groups in total. The Kier molecular flexibility index (Phi) is 7.65. The van der Waals surface area contributed by atoms with Crippen LogP contribution in [0.1, 0.15) is 16.7 Å². The van der Waals surface area contributed by atoms with E-state index in [2.05, 4.69) is 15.5 Å². The standard InChI is InChI=1S/C23H23N5O4S.ClH/c1-14-3-4-15(2)20(11-14)27-22(30)18(21(29)25-23(27)33)13-16-12-17(28(31)32)5-6-19(16)26-9-7-24-8-10-26;/h3-6,11-13,24H,7-10H2,1-2H3,(H,25,29,33);1H/b18-13-;. The minimum Gasteiger partial charge on any atom is -1.00 e. The number of aryl methyl sites for hydroxylation is 2. The predicted molar refractivity (Wildman–Crippen MR) is 129 cm³/mol. The number of nitrogens with two attached hydrogens (primary N) is 1. The summed E-state index contributed by atoms with van der Waals surface area (Å²) in [5.74, 6) is -1.20. The van der Waals surface area contributed by atoms with E-state index in [0.29, 0.717) is 11.3 Å². The van der Waals surface area contributed by atoms with Gasteiger partial charge < -0.3 is 22.6 Å². The van der Waals surface area contributed by atoms with Crippen LogP contribution in [-0.4, -0.2) is 48.0 Å². The summed E-state index contributed by atoms with van der Waals surface area (Å²) in [6, 6.07) is 10.2. The number of nitrogens with one attached hydrogen (secondary N) is 1. The van der Waals surface area contributed by atoms with Crippen molar-refractivity contribution in [3.8, 4) is 0 Å². The molecule has 4 rings (SSSR count). The predicted octanol–water partition coefficient (Wildman–Crippen LogP) is -1.57. The number of hydrogen-bond acceptors (Lipinski definition) is 6. The molecular weight excluding hydrogens is 478 g/mol. The van der Waals surface area contributed by atoms with E-state index in [4.69, 9.17) is 12.2 Å². The van der Waals surface area contributed by atoms with Crippen molar-refractivity contribution < 1.29 is 32.2 Å². The van der Waals surface area contributed by atoms with Crippen LogP contribution in [-0.2, 0) is 9.59 Å². The summed E-state index contributed by atoms with van der Waals surface area (Å²) in [4.78, 5) is 40.6. The van der Waals surface area contributed by atoms with E-state index in [1.54, 1.807) is 6.07 Å². The molecule has 0 unspecified atom stereocenters. The molecule has 11 heteroatoms. The lowest BCUT2D eigenvalue weighted by Gasteiger charge is -2.31. The molecule has 0 atom stereocenters. The molecule has 2 heterocycles. The van der Waals surface area contributed by atoms with Crippen molar-refractivity contribution in [3.63, 3.8) is 0 Å². The average Bonchev–Trinajstić information content (AvgIpc) is 2.79. The van der Waals surface area contributed by atoms with E-state index in [1.807, 2.05) is 32.0 Å². The molecule has 0 spiro atoms. The molecule has 2 aliphatic heterocycles. The third kappa shape index (κ3) is 4.93. The van der Waals surface area contributed by atoms with Crippen LogP contribution >= 0.6 is 12.2 Å². The second kappa shape index (κ2) is 10.3. The van der Waals surface area contributed by atoms with E-state index < -0.39 is 16.7 Å². The molecule has 0 saturated carbocycles. The number of quaternary nitrogens is 1. The molecule has 2 aromatic rings. The number of thiocarbonyl (C=S) groups is 1. The maximum absolute atomic E-state index is 13.5. The molecule has 2 aliphatic rings.